The van der Waals surface area contributed by atoms with Crippen molar-refractivity contribution in [3.05, 3.63) is 53.2 Å². The Labute approximate surface area is 120 Å². The molecule has 8 heteroatoms. The highest BCUT2D eigenvalue weighted by Crippen LogP contribution is 2.34. The molecule has 0 aliphatic carbocycles. The van der Waals surface area contributed by atoms with Gasteiger partial charge in [-0.15, -0.1) is 0 Å². The number of hydrogen-bond acceptors (Lipinski definition) is 3. The van der Waals surface area contributed by atoms with Crippen molar-refractivity contribution in [2.24, 2.45) is 0 Å². The Morgan fingerprint density at radius 3 is 2.38 bits per heavy atom. The van der Waals surface area contributed by atoms with E-state index in [0.717, 1.165) is 18.2 Å². The number of halogens is 5. The molecule has 2 aromatic rings. The lowest BCUT2D eigenvalue weighted by Gasteiger charge is -2.09. The van der Waals surface area contributed by atoms with E-state index in [1.54, 1.807) is 6.07 Å². The fourth-order valence-electron chi connectivity index (χ4n) is 1.42. The van der Waals surface area contributed by atoms with Gasteiger partial charge in [0, 0.05) is 11.0 Å². The second-order valence-corrected chi connectivity index (χ2v) is 4.87. The molecule has 0 unspecified atom stereocenters. The van der Waals surface area contributed by atoms with Crippen LogP contribution in [0.2, 0.25) is 0 Å². The monoisotopic (exact) mass is 316 g/mol. The van der Waals surface area contributed by atoms with Crippen LogP contribution < -0.4 is 0 Å². The lowest BCUT2D eigenvalue weighted by molar-refractivity contribution is -0.141. The number of benzene rings is 1. The van der Waals surface area contributed by atoms with Gasteiger partial charge in [0.05, 0.1) is 5.56 Å². The van der Waals surface area contributed by atoms with Crippen LogP contribution in [0, 0.1) is 23.0 Å². The third kappa shape index (κ3) is 3.49. The molecular formula is C13H5F5N2S. The first-order valence-corrected chi connectivity index (χ1v) is 6.24. The summed E-state index contributed by atoms with van der Waals surface area (Å²) in [6, 6.07) is 5.94. The minimum absolute atomic E-state index is 0.125. The molecule has 0 N–H and O–H groups in total. The molecule has 2 nitrogen and oxygen atoms in total. The Morgan fingerprint density at radius 2 is 1.81 bits per heavy atom. The molecule has 108 valence electrons. The van der Waals surface area contributed by atoms with Gasteiger partial charge in [0.15, 0.2) is 0 Å². The van der Waals surface area contributed by atoms with Gasteiger partial charge < -0.3 is 0 Å². The zero-order valence-electron chi connectivity index (χ0n) is 10.1. The zero-order valence-corrected chi connectivity index (χ0v) is 10.9. The van der Waals surface area contributed by atoms with Crippen molar-refractivity contribution in [2.75, 3.05) is 0 Å². The van der Waals surface area contributed by atoms with Crippen LogP contribution in [0.3, 0.4) is 0 Å². The van der Waals surface area contributed by atoms with E-state index in [9.17, 15) is 22.0 Å². The maximum Gasteiger partial charge on any atom is 0.433 e. The summed E-state index contributed by atoms with van der Waals surface area (Å²) in [5.74, 6) is -1.75. The van der Waals surface area contributed by atoms with Crippen LogP contribution in [0.5, 0.6) is 0 Å². The Hall–Kier alpha value is -2.14. The molecular weight excluding hydrogens is 311 g/mol. The number of alkyl halides is 3. The molecule has 0 spiro atoms. The van der Waals surface area contributed by atoms with E-state index < -0.39 is 23.5 Å². The maximum atomic E-state index is 13.5. The molecule has 0 atom stereocenters. The minimum atomic E-state index is -4.68. The fourth-order valence-corrected chi connectivity index (χ4v) is 2.29. The van der Waals surface area contributed by atoms with Crippen LogP contribution in [-0.2, 0) is 6.18 Å². The van der Waals surface area contributed by atoms with Gasteiger partial charge >= 0.3 is 6.18 Å². The van der Waals surface area contributed by atoms with Gasteiger partial charge in [-0.05, 0) is 24.3 Å². The van der Waals surface area contributed by atoms with Crippen LogP contribution in [-0.4, -0.2) is 4.98 Å². The van der Waals surface area contributed by atoms with Crippen molar-refractivity contribution >= 4 is 11.8 Å². The third-order valence-corrected chi connectivity index (χ3v) is 3.43. The number of rotatable bonds is 2. The van der Waals surface area contributed by atoms with Gasteiger partial charge in [-0.1, -0.05) is 11.8 Å². The van der Waals surface area contributed by atoms with Crippen molar-refractivity contribution in [3.8, 4) is 6.07 Å². The predicted molar refractivity (Wildman–Crippen MR) is 64.4 cm³/mol. The smallest absolute Gasteiger partial charge is 0.235 e. The van der Waals surface area contributed by atoms with Crippen LogP contribution in [0.1, 0.15) is 11.3 Å². The molecule has 1 heterocycles. The fraction of sp³-hybridized carbons (Fsp3) is 0.0769. The Morgan fingerprint density at radius 1 is 1.10 bits per heavy atom. The topological polar surface area (TPSA) is 36.7 Å². The van der Waals surface area contributed by atoms with Gasteiger partial charge in [0.1, 0.15) is 28.4 Å². The van der Waals surface area contributed by atoms with Gasteiger partial charge in [-0.2, -0.15) is 18.4 Å². The lowest BCUT2D eigenvalue weighted by atomic mass is 10.2. The standard InChI is InChI=1S/C13H5F5N2S/c14-8-2-3-10(9(15)5-8)21-12-7(6-19)1-4-11(20-12)13(16,17)18/h1-5H. The Bertz CT molecular complexity index is 721. The van der Waals surface area contributed by atoms with Crippen molar-refractivity contribution < 1.29 is 22.0 Å². The minimum Gasteiger partial charge on any atom is -0.235 e. The first-order valence-electron chi connectivity index (χ1n) is 5.42. The van der Waals surface area contributed by atoms with Crippen molar-refractivity contribution in [2.45, 2.75) is 16.1 Å². The highest BCUT2D eigenvalue weighted by molar-refractivity contribution is 7.99. The van der Waals surface area contributed by atoms with E-state index in [2.05, 4.69) is 4.98 Å². The summed E-state index contributed by atoms with van der Waals surface area (Å²) in [5.41, 5.74) is -1.32. The second kappa shape index (κ2) is 5.69. The summed E-state index contributed by atoms with van der Waals surface area (Å²) in [7, 11) is 0. The third-order valence-electron chi connectivity index (χ3n) is 2.37. The number of aromatic nitrogens is 1. The van der Waals surface area contributed by atoms with Crippen LogP contribution >= 0.6 is 11.8 Å². The summed E-state index contributed by atoms with van der Waals surface area (Å²) in [6.45, 7) is 0. The number of pyridine rings is 1. The van der Waals surface area contributed by atoms with Crippen molar-refractivity contribution in [1.82, 2.24) is 4.98 Å². The molecule has 0 bridgehead atoms. The van der Waals surface area contributed by atoms with Crippen molar-refractivity contribution in [1.29, 1.82) is 5.26 Å². The van der Waals surface area contributed by atoms with Crippen LogP contribution in [0.4, 0.5) is 22.0 Å². The highest BCUT2D eigenvalue weighted by atomic mass is 32.2. The van der Waals surface area contributed by atoms with Gasteiger partial charge in [0.2, 0.25) is 0 Å². The van der Waals surface area contributed by atoms with E-state index >= 15 is 0 Å². The quantitative estimate of drug-likeness (QED) is 0.771. The molecule has 1 aromatic heterocycles. The van der Waals surface area contributed by atoms with Gasteiger partial charge in [-0.25, -0.2) is 13.8 Å². The van der Waals surface area contributed by atoms with Crippen LogP contribution in [0.25, 0.3) is 0 Å². The van der Waals surface area contributed by atoms with E-state index in [-0.39, 0.29) is 15.5 Å². The first-order chi connectivity index (χ1) is 9.81. The molecule has 0 aliphatic rings. The molecule has 1 aromatic carbocycles. The summed E-state index contributed by atoms with van der Waals surface area (Å²) >= 11 is 0.529. The van der Waals surface area contributed by atoms with E-state index in [1.165, 1.54) is 0 Å². The summed E-state index contributed by atoms with van der Waals surface area (Å²) in [4.78, 5) is 3.20. The molecule has 21 heavy (non-hydrogen) atoms. The maximum absolute atomic E-state index is 13.5. The average molecular weight is 316 g/mol. The van der Waals surface area contributed by atoms with Gasteiger partial charge in [-0.3, -0.25) is 0 Å². The molecule has 0 amide bonds. The zero-order chi connectivity index (χ0) is 15.6. The Balaban J connectivity index is 2.45. The molecule has 2 rings (SSSR count). The van der Waals surface area contributed by atoms with E-state index in [4.69, 9.17) is 5.26 Å². The van der Waals surface area contributed by atoms with Gasteiger partial charge in [0.25, 0.3) is 0 Å². The highest BCUT2D eigenvalue weighted by Gasteiger charge is 2.33. The molecule has 0 fully saturated rings. The first kappa shape index (κ1) is 15.3. The second-order valence-electron chi connectivity index (χ2n) is 3.84. The largest absolute Gasteiger partial charge is 0.433 e. The Kier molecular flexibility index (Phi) is 4.14. The molecule has 0 saturated heterocycles. The SMILES string of the molecule is N#Cc1ccc(C(F)(F)F)nc1Sc1ccc(F)cc1F. The molecule has 0 aliphatic heterocycles. The lowest BCUT2D eigenvalue weighted by Crippen LogP contribution is -2.08. The summed E-state index contributed by atoms with van der Waals surface area (Å²) in [5, 5.41) is 8.57. The van der Waals surface area contributed by atoms with Crippen molar-refractivity contribution in [3.63, 3.8) is 0 Å². The number of hydrogen-bond donors (Lipinski definition) is 0. The average Bonchev–Trinajstić information content (AvgIpc) is 2.41. The number of nitriles is 1. The molecule has 0 saturated carbocycles. The normalized spacial score (nSPS) is 11.2. The van der Waals surface area contributed by atoms with E-state index in [1.807, 2.05) is 0 Å². The summed E-state index contributed by atoms with van der Waals surface area (Å²) < 4.78 is 64.1. The van der Waals surface area contributed by atoms with Crippen LogP contribution in [0.15, 0.2) is 40.3 Å². The number of nitrogens with zero attached hydrogens (tertiary/aromatic N) is 2. The summed E-state index contributed by atoms with van der Waals surface area (Å²) in [6.07, 6.45) is -4.68. The predicted octanol–water partition coefficient (Wildman–Crippen LogP) is 4.40. The molecule has 0 radical (unpaired) electrons. The van der Waals surface area contributed by atoms with E-state index in [0.29, 0.717) is 23.9 Å².